The molecule has 0 unspecified atom stereocenters. The summed E-state index contributed by atoms with van der Waals surface area (Å²) in [6.07, 6.45) is 0.591. The first kappa shape index (κ1) is 10.7. The second-order valence-electron chi connectivity index (χ2n) is 6.35. The van der Waals surface area contributed by atoms with Gasteiger partial charge in [0.25, 0.3) is 0 Å². The lowest BCUT2D eigenvalue weighted by molar-refractivity contribution is 0.129. The second kappa shape index (κ2) is 6.92. The highest BCUT2D eigenvalue weighted by Crippen LogP contribution is 2.37. The number of rotatable bonds is 4. The largest absolute Gasteiger partial charge is 0.493 e. The molecule has 0 aromatic heterocycles. The van der Waals surface area contributed by atoms with Gasteiger partial charge >= 0.3 is 0 Å². The maximum Gasteiger partial charge on any atom is 0.231 e. The number of piperidine rings is 1. The summed E-state index contributed by atoms with van der Waals surface area (Å²) in [5.41, 5.74) is 0.219. The van der Waals surface area contributed by atoms with Gasteiger partial charge in [-0.2, -0.15) is 0 Å². The monoisotopic (exact) mass is 349 g/mol. The van der Waals surface area contributed by atoms with E-state index in [0.29, 0.717) is 25.3 Å². The zero-order valence-electron chi connectivity index (χ0n) is 19.8. The van der Waals surface area contributed by atoms with Crippen LogP contribution in [0.5, 0.6) is 17.2 Å². The second-order valence-corrected chi connectivity index (χ2v) is 6.35. The van der Waals surface area contributed by atoms with Crippen molar-refractivity contribution in [1.29, 1.82) is 0 Å². The summed E-state index contributed by atoms with van der Waals surface area (Å²) in [6.45, 7) is -0.692. The van der Waals surface area contributed by atoms with Crippen molar-refractivity contribution in [1.82, 2.24) is 4.90 Å². The van der Waals surface area contributed by atoms with Crippen molar-refractivity contribution in [3.63, 3.8) is 0 Å². The number of hydrogen-bond acceptors (Lipinski definition) is 4. The van der Waals surface area contributed by atoms with Crippen LogP contribution in [0.4, 0.5) is 4.39 Å². The SMILES string of the molecule is [2H]c1c([2H])c([C@@H]2CCN(C)C[C@H]2COc2ccc3c(c2)OC([2H])([2H])O3)c([2H])c([2H])c1F. The summed E-state index contributed by atoms with van der Waals surface area (Å²) in [5.74, 6) is -0.660. The Morgan fingerprint density at radius 1 is 1.28 bits per heavy atom. The van der Waals surface area contributed by atoms with Gasteiger partial charge in [-0.1, -0.05) is 12.1 Å². The van der Waals surface area contributed by atoms with Gasteiger partial charge in [-0.25, -0.2) is 4.39 Å². The fourth-order valence-corrected chi connectivity index (χ4v) is 3.31. The van der Waals surface area contributed by atoms with Crippen molar-refractivity contribution >= 4 is 0 Å². The highest BCUT2D eigenvalue weighted by atomic mass is 19.1. The van der Waals surface area contributed by atoms with Gasteiger partial charge in [0.05, 0.1) is 12.1 Å². The lowest BCUT2D eigenvalue weighted by Crippen LogP contribution is -2.39. The van der Waals surface area contributed by atoms with Gasteiger partial charge in [0.2, 0.25) is 6.75 Å². The van der Waals surface area contributed by atoms with Crippen LogP contribution in [0.3, 0.4) is 0 Å². The van der Waals surface area contributed by atoms with E-state index in [1.54, 1.807) is 12.1 Å². The summed E-state index contributed by atoms with van der Waals surface area (Å²) >= 11 is 0. The minimum absolute atomic E-state index is 0.159. The van der Waals surface area contributed by atoms with Gasteiger partial charge < -0.3 is 19.1 Å². The molecule has 0 spiro atoms. The standard InChI is InChI=1S/C20H22FNO3/c1-22-9-8-18(14-2-4-16(21)5-3-14)15(11-22)12-23-17-6-7-19-20(10-17)25-13-24-19/h2-7,10,15,18H,8-9,11-13H2,1H3/t15-,18-/m0/s1/i2D,3D,4D,5D,13D2. The average molecular weight is 349 g/mol. The molecule has 2 aliphatic heterocycles. The molecule has 5 heteroatoms. The van der Waals surface area contributed by atoms with E-state index in [1.165, 1.54) is 6.07 Å². The molecule has 4 rings (SSSR count). The van der Waals surface area contributed by atoms with Crippen molar-refractivity contribution in [3.8, 4) is 17.2 Å². The minimum Gasteiger partial charge on any atom is -0.493 e. The summed E-state index contributed by atoms with van der Waals surface area (Å²) in [5, 5.41) is 0. The molecule has 0 saturated carbocycles. The summed E-state index contributed by atoms with van der Waals surface area (Å²) in [7, 11) is 1.95. The Hall–Kier alpha value is -2.27. The van der Waals surface area contributed by atoms with Gasteiger partial charge in [0.15, 0.2) is 11.5 Å². The molecule has 25 heavy (non-hydrogen) atoms. The van der Waals surface area contributed by atoms with Crippen LogP contribution in [0.1, 0.15) is 26.1 Å². The molecule has 2 heterocycles. The van der Waals surface area contributed by atoms with Crippen molar-refractivity contribution in [3.05, 3.63) is 53.7 Å². The number of nitrogens with zero attached hydrogens (tertiary/aromatic N) is 1. The van der Waals surface area contributed by atoms with Gasteiger partial charge in [-0.05, 0) is 55.7 Å². The zero-order chi connectivity index (χ0) is 22.5. The Balaban J connectivity index is 1.58. The number of ether oxygens (including phenoxy) is 3. The normalized spacial score (nSPS) is 28.2. The van der Waals surface area contributed by atoms with E-state index in [-0.39, 0.29) is 47.6 Å². The molecule has 1 fully saturated rings. The fourth-order valence-electron chi connectivity index (χ4n) is 3.31. The molecule has 0 amide bonds. The Morgan fingerprint density at radius 2 is 2.08 bits per heavy atom. The number of hydrogen-bond donors (Lipinski definition) is 0. The van der Waals surface area contributed by atoms with Crippen LogP contribution in [0, 0.1) is 11.7 Å². The molecular weight excluding hydrogens is 321 g/mol. The minimum atomic E-state index is -2.22. The van der Waals surface area contributed by atoms with Gasteiger partial charge in [-0.3, -0.25) is 0 Å². The molecule has 4 nitrogen and oxygen atoms in total. The molecule has 2 atom stereocenters. The number of benzene rings is 2. The third kappa shape index (κ3) is 3.56. The van der Waals surface area contributed by atoms with E-state index >= 15 is 0 Å². The van der Waals surface area contributed by atoms with E-state index in [1.807, 2.05) is 7.05 Å². The topological polar surface area (TPSA) is 30.9 Å². The van der Waals surface area contributed by atoms with Crippen LogP contribution in [0.25, 0.3) is 0 Å². The third-order valence-electron chi connectivity index (χ3n) is 4.60. The summed E-state index contributed by atoms with van der Waals surface area (Å²) < 4.78 is 77.2. The highest BCUT2D eigenvalue weighted by Gasteiger charge is 2.29. The van der Waals surface area contributed by atoms with E-state index in [0.717, 1.165) is 0 Å². The maximum atomic E-state index is 14.0. The lowest BCUT2D eigenvalue weighted by atomic mass is 9.81. The van der Waals surface area contributed by atoms with Gasteiger partial charge in [0.1, 0.15) is 14.3 Å². The van der Waals surface area contributed by atoms with Crippen LogP contribution in [0.2, 0.25) is 0 Å². The lowest BCUT2D eigenvalue weighted by Gasteiger charge is -2.37. The average Bonchev–Trinajstić information content (AvgIpc) is 3.03. The first-order chi connectivity index (χ1) is 14.6. The van der Waals surface area contributed by atoms with E-state index in [2.05, 4.69) is 4.90 Å². The van der Waals surface area contributed by atoms with Crippen LogP contribution >= 0.6 is 0 Å². The molecule has 132 valence electrons. The third-order valence-corrected chi connectivity index (χ3v) is 4.60. The van der Waals surface area contributed by atoms with E-state index in [9.17, 15) is 4.39 Å². The number of likely N-dealkylation sites (tertiary alicyclic amines) is 1. The van der Waals surface area contributed by atoms with Crippen LogP contribution in [0.15, 0.2) is 42.4 Å². The molecule has 0 aliphatic carbocycles. The maximum absolute atomic E-state index is 14.0. The smallest absolute Gasteiger partial charge is 0.231 e. The Kier molecular flexibility index (Phi) is 2.95. The van der Waals surface area contributed by atoms with Crippen LogP contribution in [-0.4, -0.2) is 38.4 Å². The Labute approximate surface area is 155 Å². The molecule has 2 aliphatic rings. The quantitative estimate of drug-likeness (QED) is 0.843. The molecule has 0 bridgehead atoms. The van der Waals surface area contributed by atoms with Crippen molar-refractivity contribution in [2.75, 3.05) is 33.5 Å². The molecule has 0 N–H and O–H groups in total. The Bertz CT molecular complexity index is 992. The molecule has 0 radical (unpaired) electrons. The predicted molar refractivity (Wildman–Crippen MR) is 92.8 cm³/mol. The van der Waals surface area contributed by atoms with E-state index < -0.39 is 24.6 Å². The first-order valence-electron chi connectivity index (χ1n) is 11.2. The molecule has 2 aromatic carbocycles. The summed E-state index contributed by atoms with van der Waals surface area (Å²) in [4.78, 5) is 2.10. The van der Waals surface area contributed by atoms with Crippen molar-refractivity contribution < 1.29 is 26.8 Å². The van der Waals surface area contributed by atoms with E-state index in [4.69, 9.17) is 22.4 Å². The number of fused-ring (bicyclic) bond motifs is 1. The first-order valence-corrected chi connectivity index (χ1v) is 8.16. The summed E-state index contributed by atoms with van der Waals surface area (Å²) in [6, 6.07) is 2.74. The zero-order valence-corrected chi connectivity index (χ0v) is 13.8. The number of halogens is 1. The molecule has 2 aromatic rings. The van der Waals surface area contributed by atoms with Crippen molar-refractivity contribution in [2.24, 2.45) is 5.92 Å². The van der Waals surface area contributed by atoms with Crippen molar-refractivity contribution in [2.45, 2.75) is 12.3 Å². The van der Waals surface area contributed by atoms with Gasteiger partial charge in [0, 0.05) is 18.5 Å². The molecular formula is C20H22FNO3. The molecule has 1 saturated heterocycles. The fraction of sp³-hybridized carbons (Fsp3) is 0.400. The van der Waals surface area contributed by atoms with Crippen LogP contribution < -0.4 is 14.2 Å². The predicted octanol–water partition coefficient (Wildman–Crippen LogP) is 3.67. The highest BCUT2D eigenvalue weighted by molar-refractivity contribution is 5.46. The Morgan fingerprint density at radius 3 is 2.92 bits per heavy atom. The van der Waals surface area contributed by atoms with Crippen LogP contribution in [-0.2, 0) is 0 Å². The van der Waals surface area contributed by atoms with Gasteiger partial charge in [-0.15, -0.1) is 0 Å².